The van der Waals surface area contributed by atoms with Gasteiger partial charge in [-0.1, -0.05) is 54.6 Å². The predicted octanol–water partition coefficient (Wildman–Crippen LogP) is 3.61. The van der Waals surface area contributed by atoms with Gasteiger partial charge in [-0.15, -0.1) is 0 Å². The first-order valence-electron chi connectivity index (χ1n) is 6.77. The summed E-state index contributed by atoms with van der Waals surface area (Å²) in [5.41, 5.74) is 1.66. The highest BCUT2D eigenvalue weighted by Gasteiger charge is 2.10. The lowest BCUT2D eigenvalue weighted by molar-refractivity contribution is 0.0803. The summed E-state index contributed by atoms with van der Waals surface area (Å²) in [5, 5.41) is 0. The van der Waals surface area contributed by atoms with Crippen LogP contribution in [0, 0.1) is 0 Å². The highest BCUT2D eigenvalue weighted by Crippen LogP contribution is 2.17. The van der Waals surface area contributed by atoms with Crippen molar-refractivity contribution in [2.24, 2.45) is 0 Å². The number of Topliss-reactive ketones (excluding diaryl/α,β-unsaturated/α-hetero) is 1. The van der Waals surface area contributed by atoms with Gasteiger partial charge in [0, 0.05) is 0 Å². The van der Waals surface area contributed by atoms with Gasteiger partial charge in [0.1, 0.15) is 12.4 Å². The highest BCUT2D eigenvalue weighted by molar-refractivity contribution is 5.99. The molecule has 0 bridgehead atoms. The van der Waals surface area contributed by atoms with Crippen molar-refractivity contribution < 1.29 is 14.3 Å². The monoisotopic (exact) mass is 282 g/mol. The van der Waals surface area contributed by atoms with Crippen molar-refractivity contribution in [3.63, 3.8) is 0 Å². The van der Waals surface area contributed by atoms with E-state index in [0.29, 0.717) is 17.9 Å². The lowest BCUT2D eigenvalue weighted by atomic mass is 10.1. The van der Waals surface area contributed by atoms with Gasteiger partial charge in [0.2, 0.25) is 0 Å². The van der Waals surface area contributed by atoms with Gasteiger partial charge < -0.3 is 9.47 Å². The number of ether oxygens (including phenoxy) is 2. The van der Waals surface area contributed by atoms with Crippen molar-refractivity contribution in [3.8, 4) is 5.75 Å². The number of ketones is 1. The molecule has 0 saturated carbocycles. The van der Waals surface area contributed by atoms with Crippen LogP contribution in [0.2, 0.25) is 0 Å². The predicted molar refractivity (Wildman–Crippen MR) is 83.6 cm³/mol. The first-order chi connectivity index (χ1) is 10.3. The van der Waals surface area contributed by atoms with E-state index in [-0.39, 0.29) is 12.4 Å². The summed E-state index contributed by atoms with van der Waals surface area (Å²) in [6.45, 7) is 0.440. The van der Waals surface area contributed by atoms with E-state index >= 15 is 0 Å². The normalized spacial score (nSPS) is 10.7. The number of benzene rings is 2. The minimum atomic E-state index is -0.0828. The average molecular weight is 282 g/mol. The van der Waals surface area contributed by atoms with Crippen LogP contribution in [0.4, 0.5) is 0 Å². The maximum Gasteiger partial charge on any atom is 0.192 e. The second kappa shape index (κ2) is 8.02. The molecule has 0 N–H and O–H groups in total. The number of methoxy groups -OCH3 is 1. The fraction of sp³-hybridized carbons (Fsp3) is 0.167. The Bertz CT molecular complexity index is 603. The summed E-state index contributed by atoms with van der Waals surface area (Å²) in [6.07, 6.45) is 3.86. The van der Waals surface area contributed by atoms with E-state index in [4.69, 9.17) is 9.47 Å². The molecule has 0 fully saturated rings. The van der Waals surface area contributed by atoms with Gasteiger partial charge in [0.05, 0.1) is 19.3 Å². The van der Waals surface area contributed by atoms with Crippen LogP contribution in [0.15, 0.2) is 60.7 Å². The van der Waals surface area contributed by atoms with E-state index in [1.54, 1.807) is 19.2 Å². The molecule has 0 aliphatic carbocycles. The Morgan fingerprint density at radius 3 is 2.52 bits per heavy atom. The molecule has 0 aliphatic heterocycles. The molecular formula is C18H18O3. The van der Waals surface area contributed by atoms with E-state index in [2.05, 4.69) is 0 Å². The molecule has 0 aromatic heterocycles. The maximum absolute atomic E-state index is 12.0. The lowest BCUT2D eigenvalue weighted by Gasteiger charge is -2.06. The fourth-order valence-electron chi connectivity index (χ4n) is 1.92. The zero-order chi connectivity index (χ0) is 14.9. The Hall–Kier alpha value is -2.39. The van der Waals surface area contributed by atoms with E-state index in [9.17, 15) is 4.79 Å². The molecule has 2 aromatic carbocycles. The zero-order valence-electron chi connectivity index (χ0n) is 12.0. The highest BCUT2D eigenvalue weighted by atomic mass is 16.5. The Morgan fingerprint density at radius 2 is 1.76 bits per heavy atom. The molecule has 0 amide bonds. The van der Waals surface area contributed by atoms with Crippen molar-refractivity contribution in [2.75, 3.05) is 20.3 Å². The maximum atomic E-state index is 12.0. The van der Waals surface area contributed by atoms with Gasteiger partial charge >= 0.3 is 0 Å². The van der Waals surface area contributed by atoms with Crippen LogP contribution in [0.5, 0.6) is 5.75 Å². The number of hydrogen-bond donors (Lipinski definition) is 0. The quantitative estimate of drug-likeness (QED) is 0.575. The molecule has 0 spiro atoms. The SMILES string of the molecule is COc1ccccc1C(=O)COCC=Cc1ccccc1. The van der Waals surface area contributed by atoms with Crippen LogP contribution < -0.4 is 4.74 Å². The summed E-state index contributed by atoms with van der Waals surface area (Å²) in [5.74, 6) is 0.492. The van der Waals surface area contributed by atoms with E-state index in [0.717, 1.165) is 5.56 Å². The number of carbonyl (C=O) groups excluding carboxylic acids is 1. The Kier molecular flexibility index (Phi) is 5.73. The third-order valence-corrected chi connectivity index (χ3v) is 2.96. The van der Waals surface area contributed by atoms with Gasteiger partial charge in [-0.3, -0.25) is 4.79 Å². The fourth-order valence-corrected chi connectivity index (χ4v) is 1.92. The molecule has 21 heavy (non-hydrogen) atoms. The minimum absolute atomic E-state index is 0.0412. The third kappa shape index (κ3) is 4.58. The van der Waals surface area contributed by atoms with Crippen molar-refractivity contribution in [2.45, 2.75) is 0 Å². The number of para-hydroxylation sites is 1. The Morgan fingerprint density at radius 1 is 1.05 bits per heavy atom. The number of rotatable bonds is 7. The summed E-state index contributed by atoms with van der Waals surface area (Å²) in [7, 11) is 1.55. The molecule has 0 radical (unpaired) electrons. The average Bonchev–Trinajstić information content (AvgIpc) is 2.55. The minimum Gasteiger partial charge on any atom is -0.496 e. The first kappa shape index (κ1) is 15.0. The first-order valence-corrected chi connectivity index (χ1v) is 6.77. The molecule has 0 aliphatic rings. The van der Waals surface area contributed by atoms with Gasteiger partial charge in [-0.05, 0) is 17.7 Å². The van der Waals surface area contributed by atoms with Crippen LogP contribution in [0.3, 0.4) is 0 Å². The van der Waals surface area contributed by atoms with Crippen molar-refractivity contribution in [3.05, 3.63) is 71.8 Å². The van der Waals surface area contributed by atoms with Crippen molar-refractivity contribution >= 4 is 11.9 Å². The molecule has 0 unspecified atom stereocenters. The molecule has 0 atom stereocenters. The van der Waals surface area contributed by atoms with Gasteiger partial charge in [0.15, 0.2) is 5.78 Å². The standard InChI is InChI=1S/C18H18O3/c1-20-18-12-6-5-11-16(18)17(19)14-21-13-7-10-15-8-3-2-4-9-15/h2-12H,13-14H2,1H3. The largest absolute Gasteiger partial charge is 0.496 e. The van der Waals surface area contributed by atoms with Crippen LogP contribution in [0.1, 0.15) is 15.9 Å². The summed E-state index contributed by atoms with van der Waals surface area (Å²) in [4.78, 5) is 12.0. The van der Waals surface area contributed by atoms with E-state index in [1.165, 1.54) is 0 Å². The second-order valence-electron chi connectivity index (χ2n) is 4.45. The third-order valence-electron chi connectivity index (χ3n) is 2.96. The topological polar surface area (TPSA) is 35.5 Å². The number of hydrogen-bond acceptors (Lipinski definition) is 3. The molecule has 3 nitrogen and oxygen atoms in total. The Balaban J connectivity index is 1.81. The molecule has 108 valence electrons. The van der Waals surface area contributed by atoms with Crippen LogP contribution in [-0.2, 0) is 4.74 Å². The Labute approximate surface area is 124 Å². The summed E-state index contributed by atoms with van der Waals surface area (Å²) < 4.78 is 10.5. The van der Waals surface area contributed by atoms with Crippen LogP contribution in [-0.4, -0.2) is 26.1 Å². The van der Waals surface area contributed by atoms with Crippen molar-refractivity contribution in [1.82, 2.24) is 0 Å². The summed E-state index contributed by atoms with van der Waals surface area (Å²) in [6, 6.07) is 17.1. The van der Waals surface area contributed by atoms with E-state index < -0.39 is 0 Å². The van der Waals surface area contributed by atoms with Gasteiger partial charge in [0.25, 0.3) is 0 Å². The van der Waals surface area contributed by atoms with Gasteiger partial charge in [-0.2, -0.15) is 0 Å². The molecular weight excluding hydrogens is 264 g/mol. The zero-order valence-corrected chi connectivity index (χ0v) is 12.0. The van der Waals surface area contributed by atoms with Crippen LogP contribution >= 0.6 is 0 Å². The lowest BCUT2D eigenvalue weighted by Crippen LogP contribution is -2.10. The summed E-state index contributed by atoms with van der Waals surface area (Å²) >= 11 is 0. The van der Waals surface area contributed by atoms with Crippen molar-refractivity contribution in [1.29, 1.82) is 0 Å². The van der Waals surface area contributed by atoms with E-state index in [1.807, 2.05) is 54.6 Å². The number of carbonyl (C=O) groups is 1. The molecule has 2 aromatic rings. The molecule has 2 rings (SSSR count). The second-order valence-corrected chi connectivity index (χ2v) is 4.45. The smallest absolute Gasteiger partial charge is 0.192 e. The van der Waals surface area contributed by atoms with Crippen LogP contribution in [0.25, 0.3) is 6.08 Å². The molecule has 0 heterocycles. The molecule has 3 heteroatoms. The van der Waals surface area contributed by atoms with Gasteiger partial charge in [-0.25, -0.2) is 0 Å². The molecule has 0 saturated heterocycles.